The molecule has 0 saturated carbocycles. The van der Waals surface area contributed by atoms with Crippen molar-refractivity contribution < 1.29 is 9.53 Å². The number of nitrogens with one attached hydrogen (secondary N) is 1. The first kappa shape index (κ1) is 23.5. The van der Waals surface area contributed by atoms with Crippen LogP contribution in [0.3, 0.4) is 0 Å². The average molecular weight is 483 g/mol. The van der Waals surface area contributed by atoms with Crippen LogP contribution in [0.25, 0.3) is 0 Å². The minimum atomic E-state index is 0.0243. The summed E-state index contributed by atoms with van der Waals surface area (Å²) in [6.45, 7) is 10.8. The predicted molar refractivity (Wildman–Crippen MR) is 128 cm³/mol. The van der Waals surface area contributed by atoms with Crippen molar-refractivity contribution in [2.75, 3.05) is 0 Å². The number of Topliss-reactive ketones (excluding diaryl/α,β-unsaturated/α-hetero) is 1. The van der Waals surface area contributed by atoms with E-state index in [1.54, 1.807) is 12.1 Å². The molecule has 31 heavy (non-hydrogen) atoms. The van der Waals surface area contributed by atoms with Gasteiger partial charge in [-0.25, -0.2) is 0 Å². The Labute approximate surface area is 194 Å². The summed E-state index contributed by atoms with van der Waals surface area (Å²) in [6, 6.07) is 13.3. The molecule has 1 aliphatic heterocycles. The van der Waals surface area contributed by atoms with Crippen molar-refractivity contribution in [1.29, 1.82) is 5.26 Å². The molecule has 0 spiro atoms. The standard InChI is InChI=1S/C26H31BrN2O2/c1-6-18-8-7-9-23(20(18)16-28)31-24-11-10-19(13-21(24)27)22(30)12-17-14-25(2,3)29-26(4,5)15-17/h7-11,13,17,29H,6,12,14-15H2,1-5H3. The van der Waals surface area contributed by atoms with Crippen LogP contribution in [0.4, 0.5) is 0 Å². The summed E-state index contributed by atoms with van der Waals surface area (Å²) in [5.41, 5.74) is 2.23. The van der Waals surface area contributed by atoms with E-state index in [2.05, 4.69) is 55.0 Å². The SMILES string of the molecule is CCc1cccc(Oc2ccc(C(=O)CC3CC(C)(C)NC(C)(C)C3)cc2Br)c1C#N. The van der Waals surface area contributed by atoms with Crippen molar-refractivity contribution >= 4 is 21.7 Å². The molecule has 1 N–H and O–H groups in total. The zero-order chi connectivity index (χ0) is 22.8. The van der Waals surface area contributed by atoms with Gasteiger partial charge in [0.25, 0.3) is 0 Å². The van der Waals surface area contributed by atoms with Crippen LogP contribution < -0.4 is 10.1 Å². The van der Waals surface area contributed by atoms with Crippen LogP contribution in [0, 0.1) is 17.2 Å². The van der Waals surface area contributed by atoms with Gasteiger partial charge in [0, 0.05) is 23.1 Å². The molecule has 0 aromatic heterocycles. The van der Waals surface area contributed by atoms with Crippen LogP contribution in [0.1, 0.15) is 75.4 Å². The van der Waals surface area contributed by atoms with Gasteiger partial charge in [0.05, 0.1) is 10.0 Å². The number of halogens is 1. The summed E-state index contributed by atoms with van der Waals surface area (Å²) in [6.07, 6.45) is 3.27. The smallest absolute Gasteiger partial charge is 0.163 e. The van der Waals surface area contributed by atoms with E-state index < -0.39 is 0 Å². The van der Waals surface area contributed by atoms with E-state index in [0.29, 0.717) is 39.4 Å². The molecule has 164 valence electrons. The monoisotopic (exact) mass is 482 g/mol. The Morgan fingerprint density at radius 3 is 2.42 bits per heavy atom. The van der Waals surface area contributed by atoms with Crippen LogP contribution >= 0.6 is 15.9 Å². The molecule has 0 aliphatic carbocycles. The van der Waals surface area contributed by atoms with Crippen LogP contribution in [0.5, 0.6) is 11.5 Å². The highest BCUT2D eigenvalue weighted by molar-refractivity contribution is 9.10. The van der Waals surface area contributed by atoms with Gasteiger partial charge in [-0.3, -0.25) is 4.79 Å². The van der Waals surface area contributed by atoms with Crippen molar-refractivity contribution in [2.24, 2.45) is 5.92 Å². The maximum absolute atomic E-state index is 13.0. The molecule has 3 rings (SSSR count). The lowest BCUT2D eigenvalue weighted by molar-refractivity contribution is 0.0864. The van der Waals surface area contributed by atoms with E-state index in [4.69, 9.17) is 4.74 Å². The van der Waals surface area contributed by atoms with Gasteiger partial charge < -0.3 is 10.1 Å². The molecule has 0 atom stereocenters. The molecule has 4 nitrogen and oxygen atoms in total. The lowest BCUT2D eigenvalue weighted by Gasteiger charge is -2.46. The molecular formula is C26H31BrN2O2. The largest absolute Gasteiger partial charge is 0.455 e. The van der Waals surface area contributed by atoms with Crippen molar-refractivity contribution in [2.45, 2.75) is 71.4 Å². The molecule has 0 unspecified atom stereocenters. The number of hydrogen-bond donors (Lipinski definition) is 1. The van der Waals surface area contributed by atoms with E-state index in [-0.39, 0.29) is 16.9 Å². The number of carbonyl (C=O) groups is 1. The summed E-state index contributed by atoms with van der Waals surface area (Å²) < 4.78 is 6.73. The Kier molecular flexibility index (Phi) is 6.93. The van der Waals surface area contributed by atoms with Crippen molar-refractivity contribution in [3.63, 3.8) is 0 Å². The number of hydrogen-bond acceptors (Lipinski definition) is 4. The van der Waals surface area contributed by atoms with E-state index in [1.165, 1.54) is 0 Å². The van der Waals surface area contributed by atoms with Gasteiger partial charge in [-0.15, -0.1) is 0 Å². The van der Waals surface area contributed by atoms with E-state index >= 15 is 0 Å². The summed E-state index contributed by atoms with van der Waals surface area (Å²) in [5, 5.41) is 13.2. The molecular weight excluding hydrogens is 452 g/mol. The van der Waals surface area contributed by atoms with Gasteiger partial charge in [-0.05, 0) is 98.6 Å². The van der Waals surface area contributed by atoms with E-state index in [1.807, 2.05) is 31.2 Å². The first-order chi connectivity index (χ1) is 14.5. The van der Waals surface area contributed by atoms with Gasteiger partial charge >= 0.3 is 0 Å². The van der Waals surface area contributed by atoms with Crippen LogP contribution in [-0.2, 0) is 6.42 Å². The number of ketones is 1. The summed E-state index contributed by atoms with van der Waals surface area (Å²) in [7, 11) is 0. The van der Waals surface area contributed by atoms with Gasteiger partial charge in [0.15, 0.2) is 5.78 Å². The third-order valence-electron chi connectivity index (χ3n) is 5.83. The number of aryl methyl sites for hydroxylation is 1. The summed E-state index contributed by atoms with van der Waals surface area (Å²) in [5.74, 6) is 1.62. The van der Waals surface area contributed by atoms with Crippen molar-refractivity contribution in [3.8, 4) is 17.6 Å². The third-order valence-corrected chi connectivity index (χ3v) is 6.45. The Morgan fingerprint density at radius 1 is 1.16 bits per heavy atom. The van der Waals surface area contributed by atoms with Crippen LogP contribution in [0.2, 0.25) is 0 Å². The zero-order valence-corrected chi connectivity index (χ0v) is 20.6. The highest BCUT2D eigenvalue weighted by Gasteiger charge is 2.38. The minimum Gasteiger partial charge on any atom is -0.455 e. The normalized spacial score (nSPS) is 17.7. The maximum Gasteiger partial charge on any atom is 0.163 e. The highest BCUT2D eigenvalue weighted by atomic mass is 79.9. The summed E-state index contributed by atoms with van der Waals surface area (Å²) >= 11 is 3.55. The molecule has 5 heteroatoms. The number of benzene rings is 2. The summed E-state index contributed by atoms with van der Waals surface area (Å²) in [4.78, 5) is 13.0. The average Bonchev–Trinajstić information content (AvgIpc) is 2.66. The lowest BCUT2D eigenvalue weighted by Crippen LogP contribution is -2.57. The minimum absolute atomic E-state index is 0.0243. The quantitative estimate of drug-likeness (QED) is 0.459. The fourth-order valence-corrected chi connectivity index (χ4v) is 5.48. The second kappa shape index (κ2) is 9.14. The molecule has 0 bridgehead atoms. The van der Waals surface area contributed by atoms with Crippen LogP contribution in [0.15, 0.2) is 40.9 Å². The molecule has 1 saturated heterocycles. The molecule has 0 radical (unpaired) electrons. The van der Waals surface area contributed by atoms with Gasteiger partial charge in [-0.1, -0.05) is 19.1 Å². The Morgan fingerprint density at radius 2 is 1.84 bits per heavy atom. The molecule has 0 amide bonds. The molecule has 2 aromatic carbocycles. The highest BCUT2D eigenvalue weighted by Crippen LogP contribution is 2.37. The van der Waals surface area contributed by atoms with E-state index in [9.17, 15) is 10.1 Å². The molecule has 2 aromatic rings. The Balaban J connectivity index is 1.75. The predicted octanol–water partition coefficient (Wildman–Crippen LogP) is 6.81. The second-order valence-corrected chi connectivity index (χ2v) is 10.7. The number of carbonyl (C=O) groups excluding carboxylic acids is 1. The van der Waals surface area contributed by atoms with Gasteiger partial charge in [0.1, 0.15) is 17.6 Å². The Bertz CT molecular complexity index is 1000. The van der Waals surface area contributed by atoms with E-state index in [0.717, 1.165) is 24.8 Å². The molecule has 1 aliphatic rings. The Hall–Kier alpha value is -2.16. The number of ether oxygens (including phenoxy) is 1. The second-order valence-electron chi connectivity index (χ2n) is 9.80. The first-order valence-electron chi connectivity index (χ1n) is 10.9. The van der Waals surface area contributed by atoms with Gasteiger partial charge in [-0.2, -0.15) is 5.26 Å². The number of rotatable bonds is 6. The fraction of sp³-hybridized carbons (Fsp3) is 0.462. The van der Waals surface area contributed by atoms with Crippen LogP contribution in [-0.4, -0.2) is 16.9 Å². The molecule has 1 fully saturated rings. The third kappa shape index (κ3) is 5.75. The zero-order valence-electron chi connectivity index (χ0n) is 19.0. The first-order valence-corrected chi connectivity index (χ1v) is 11.6. The lowest BCUT2D eigenvalue weighted by atomic mass is 9.74. The molecule has 1 heterocycles. The van der Waals surface area contributed by atoms with Crippen molar-refractivity contribution in [3.05, 3.63) is 57.6 Å². The topological polar surface area (TPSA) is 62.1 Å². The van der Waals surface area contributed by atoms with Crippen molar-refractivity contribution in [1.82, 2.24) is 5.32 Å². The number of piperidine rings is 1. The van der Waals surface area contributed by atoms with Gasteiger partial charge in [0.2, 0.25) is 0 Å². The maximum atomic E-state index is 13.0. The number of nitriles is 1. The number of nitrogens with zero attached hydrogens (tertiary/aromatic N) is 1. The fourth-order valence-electron chi connectivity index (χ4n) is 5.02.